The topological polar surface area (TPSA) is 66.4 Å². The smallest absolute Gasteiger partial charge is 0.326 e. The largest absolute Gasteiger partial charge is 0.480 e. The number of amides is 1. The van der Waals surface area contributed by atoms with Crippen LogP contribution in [0.25, 0.3) is 0 Å². The van der Waals surface area contributed by atoms with E-state index in [9.17, 15) is 9.59 Å². The molecule has 84 valence electrons. The summed E-state index contributed by atoms with van der Waals surface area (Å²) >= 11 is 0. The Kier molecular flexibility index (Phi) is 4.86. The minimum absolute atomic E-state index is 0.163. The first kappa shape index (κ1) is 13.5. The minimum Gasteiger partial charge on any atom is -0.480 e. The van der Waals surface area contributed by atoms with Crippen molar-refractivity contribution in [2.24, 2.45) is 5.41 Å². The number of terminal acetylenes is 1. The van der Waals surface area contributed by atoms with Crippen LogP contribution in [0.5, 0.6) is 0 Å². The molecular weight excluding hydrogens is 194 g/mol. The number of rotatable bonds is 4. The lowest BCUT2D eigenvalue weighted by Crippen LogP contribution is -2.49. The quantitative estimate of drug-likeness (QED) is 0.682. The second kappa shape index (κ2) is 5.40. The number of aliphatic carboxylic acids is 1. The van der Waals surface area contributed by atoms with E-state index in [0.29, 0.717) is 6.42 Å². The number of carboxylic acid groups (broad SMARTS) is 1. The van der Waals surface area contributed by atoms with Gasteiger partial charge in [0.25, 0.3) is 0 Å². The highest BCUT2D eigenvalue weighted by atomic mass is 16.4. The second-order valence-electron chi connectivity index (χ2n) is 4.41. The van der Waals surface area contributed by atoms with Crippen molar-refractivity contribution in [3.8, 4) is 12.3 Å². The zero-order chi connectivity index (χ0) is 12.1. The van der Waals surface area contributed by atoms with Gasteiger partial charge in [-0.15, -0.1) is 12.3 Å². The first-order valence-electron chi connectivity index (χ1n) is 4.74. The first-order chi connectivity index (χ1) is 6.79. The fourth-order valence-corrected chi connectivity index (χ4v) is 1.07. The zero-order valence-electron chi connectivity index (χ0n) is 9.33. The molecule has 0 aromatic heterocycles. The van der Waals surface area contributed by atoms with Gasteiger partial charge in [-0.2, -0.15) is 0 Å². The summed E-state index contributed by atoms with van der Waals surface area (Å²) in [5, 5.41) is 11.4. The molecule has 0 aromatic carbocycles. The Bertz CT molecular complexity index is 283. The van der Waals surface area contributed by atoms with Gasteiger partial charge >= 0.3 is 5.97 Å². The fourth-order valence-electron chi connectivity index (χ4n) is 1.07. The van der Waals surface area contributed by atoms with Crippen LogP contribution in [-0.2, 0) is 9.59 Å². The van der Waals surface area contributed by atoms with E-state index < -0.39 is 17.4 Å². The fraction of sp³-hybridized carbons (Fsp3) is 0.636. The summed E-state index contributed by atoms with van der Waals surface area (Å²) in [6.07, 6.45) is 5.49. The molecule has 0 aliphatic rings. The Morgan fingerprint density at radius 3 is 2.33 bits per heavy atom. The monoisotopic (exact) mass is 211 g/mol. The highest BCUT2D eigenvalue weighted by Gasteiger charge is 2.32. The van der Waals surface area contributed by atoms with Crippen LogP contribution in [0, 0.1) is 17.8 Å². The van der Waals surface area contributed by atoms with Crippen molar-refractivity contribution in [2.45, 2.75) is 39.7 Å². The van der Waals surface area contributed by atoms with Gasteiger partial charge < -0.3 is 10.4 Å². The minimum atomic E-state index is -1.03. The number of carbonyl (C=O) groups excluding carboxylic acids is 1. The Morgan fingerprint density at radius 1 is 1.47 bits per heavy atom. The third-order valence-electron chi connectivity index (χ3n) is 1.91. The Morgan fingerprint density at radius 2 is 2.00 bits per heavy atom. The Hall–Kier alpha value is -1.50. The van der Waals surface area contributed by atoms with Crippen molar-refractivity contribution in [3.63, 3.8) is 0 Å². The van der Waals surface area contributed by atoms with Crippen LogP contribution in [0.2, 0.25) is 0 Å². The van der Waals surface area contributed by atoms with E-state index in [1.54, 1.807) is 20.8 Å². The van der Waals surface area contributed by atoms with Crippen molar-refractivity contribution < 1.29 is 14.7 Å². The predicted molar refractivity (Wildman–Crippen MR) is 57.1 cm³/mol. The number of carboxylic acids is 1. The van der Waals surface area contributed by atoms with Crippen LogP contribution in [0.15, 0.2) is 0 Å². The van der Waals surface area contributed by atoms with Crippen LogP contribution in [0.4, 0.5) is 0 Å². The van der Waals surface area contributed by atoms with Crippen molar-refractivity contribution in [3.05, 3.63) is 0 Å². The SMILES string of the molecule is C#CCCC(=O)N[C@@H](C(=O)O)C(C)(C)C. The van der Waals surface area contributed by atoms with Crippen molar-refractivity contribution in [1.82, 2.24) is 5.32 Å². The average Bonchev–Trinajstić information content (AvgIpc) is 2.08. The third-order valence-corrected chi connectivity index (χ3v) is 1.91. The number of hydrogen-bond acceptors (Lipinski definition) is 2. The molecule has 0 rings (SSSR count). The van der Waals surface area contributed by atoms with E-state index in [-0.39, 0.29) is 12.3 Å². The number of hydrogen-bond donors (Lipinski definition) is 2. The summed E-state index contributed by atoms with van der Waals surface area (Å²) in [6, 6.07) is -0.886. The molecule has 0 bridgehead atoms. The highest BCUT2D eigenvalue weighted by Crippen LogP contribution is 2.19. The van der Waals surface area contributed by atoms with Gasteiger partial charge in [0.05, 0.1) is 0 Å². The number of nitrogens with one attached hydrogen (secondary N) is 1. The molecule has 4 heteroatoms. The molecule has 0 spiro atoms. The van der Waals surface area contributed by atoms with Gasteiger partial charge in [0, 0.05) is 12.8 Å². The molecule has 0 saturated carbocycles. The number of carbonyl (C=O) groups is 2. The standard InChI is InChI=1S/C11H17NO3/c1-5-6-7-8(13)12-9(10(14)15)11(2,3)4/h1,9H,6-7H2,2-4H3,(H,12,13)(H,14,15)/t9-/m0/s1. The van der Waals surface area contributed by atoms with E-state index in [4.69, 9.17) is 11.5 Å². The molecule has 0 radical (unpaired) electrons. The molecule has 0 saturated heterocycles. The zero-order valence-corrected chi connectivity index (χ0v) is 9.33. The maximum Gasteiger partial charge on any atom is 0.326 e. The maximum atomic E-state index is 11.3. The lowest BCUT2D eigenvalue weighted by atomic mass is 9.86. The van der Waals surface area contributed by atoms with Gasteiger partial charge in [0.1, 0.15) is 6.04 Å². The van der Waals surface area contributed by atoms with Gasteiger partial charge in [-0.05, 0) is 5.41 Å². The van der Waals surface area contributed by atoms with Crippen LogP contribution in [0.1, 0.15) is 33.6 Å². The maximum absolute atomic E-state index is 11.3. The molecular formula is C11H17NO3. The van der Waals surface area contributed by atoms with Gasteiger partial charge in [-0.1, -0.05) is 20.8 Å². The summed E-state index contributed by atoms with van der Waals surface area (Å²) in [5.74, 6) is 0.977. The van der Waals surface area contributed by atoms with Crippen molar-refractivity contribution >= 4 is 11.9 Å². The van der Waals surface area contributed by atoms with Crippen LogP contribution in [-0.4, -0.2) is 23.0 Å². The molecule has 0 heterocycles. The highest BCUT2D eigenvalue weighted by molar-refractivity contribution is 5.84. The summed E-state index contributed by atoms with van der Waals surface area (Å²) in [5.41, 5.74) is -0.516. The molecule has 0 fully saturated rings. The van der Waals surface area contributed by atoms with E-state index in [1.165, 1.54) is 0 Å². The molecule has 0 unspecified atom stereocenters. The lowest BCUT2D eigenvalue weighted by Gasteiger charge is -2.27. The van der Waals surface area contributed by atoms with Gasteiger partial charge in [-0.3, -0.25) is 4.79 Å². The van der Waals surface area contributed by atoms with E-state index >= 15 is 0 Å². The molecule has 2 N–H and O–H groups in total. The second-order valence-corrected chi connectivity index (χ2v) is 4.41. The summed E-state index contributed by atoms with van der Waals surface area (Å²) in [7, 11) is 0. The van der Waals surface area contributed by atoms with Crippen molar-refractivity contribution in [1.29, 1.82) is 0 Å². The van der Waals surface area contributed by atoms with Crippen LogP contribution in [0.3, 0.4) is 0 Å². The van der Waals surface area contributed by atoms with E-state index in [1.807, 2.05) is 0 Å². The Labute approximate surface area is 90.1 Å². The van der Waals surface area contributed by atoms with E-state index in [0.717, 1.165) is 0 Å². The average molecular weight is 211 g/mol. The van der Waals surface area contributed by atoms with Crippen molar-refractivity contribution in [2.75, 3.05) is 0 Å². The molecule has 1 atom stereocenters. The molecule has 0 aliphatic carbocycles. The molecule has 1 amide bonds. The van der Waals surface area contributed by atoms with Gasteiger partial charge in [0.2, 0.25) is 5.91 Å². The molecule has 0 aromatic rings. The summed E-state index contributed by atoms with van der Waals surface area (Å²) in [4.78, 5) is 22.2. The van der Waals surface area contributed by atoms with Gasteiger partial charge in [0.15, 0.2) is 0 Å². The van der Waals surface area contributed by atoms with E-state index in [2.05, 4.69) is 11.2 Å². The molecule has 4 nitrogen and oxygen atoms in total. The molecule has 15 heavy (non-hydrogen) atoms. The molecule has 0 aliphatic heterocycles. The summed E-state index contributed by atoms with van der Waals surface area (Å²) in [6.45, 7) is 5.27. The first-order valence-corrected chi connectivity index (χ1v) is 4.74. The third kappa shape index (κ3) is 5.06. The summed E-state index contributed by atoms with van der Waals surface area (Å²) < 4.78 is 0. The lowest BCUT2D eigenvalue weighted by molar-refractivity contribution is -0.144. The van der Waals surface area contributed by atoms with Gasteiger partial charge in [-0.25, -0.2) is 4.79 Å². The van der Waals surface area contributed by atoms with Crippen LogP contribution >= 0.6 is 0 Å². The van der Waals surface area contributed by atoms with Crippen LogP contribution < -0.4 is 5.32 Å². The Balaban J connectivity index is 4.39. The predicted octanol–water partition coefficient (Wildman–Crippen LogP) is 1.02. The normalized spacial score (nSPS) is 12.7.